The van der Waals surface area contributed by atoms with Gasteiger partial charge in [0.05, 0.1) is 28.8 Å². The third-order valence-electron chi connectivity index (χ3n) is 4.74. The summed E-state index contributed by atoms with van der Waals surface area (Å²) < 4.78 is 11.1. The van der Waals surface area contributed by atoms with Crippen LogP contribution in [0, 0.1) is 6.92 Å². The number of amides is 1. The average Bonchev–Trinajstić information content (AvgIpc) is 3.30. The number of nitrogens with zero attached hydrogens (tertiary/aromatic N) is 3. The fraction of sp³-hybridized carbons (Fsp3) is 0.286. The first-order valence-electron chi connectivity index (χ1n) is 9.19. The van der Waals surface area contributed by atoms with Crippen LogP contribution >= 0.6 is 11.6 Å². The van der Waals surface area contributed by atoms with Crippen LogP contribution in [0.15, 0.2) is 47.0 Å². The van der Waals surface area contributed by atoms with Gasteiger partial charge in [-0.15, -0.1) is 0 Å². The molecule has 1 saturated heterocycles. The summed E-state index contributed by atoms with van der Waals surface area (Å²) in [5.74, 6) is 1.42. The van der Waals surface area contributed by atoms with E-state index >= 15 is 0 Å². The number of halogens is 1. The van der Waals surface area contributed by atoms with Gasteiger partial charge in [-0.25, -0.2) is 0 Å². The Hall–Kier alpha value is -2.86. The summed E-state index contributed by atoms with van der Waals surface area (Å²) in [6.07, 6.45) is 0.305. The lowest BCUT2D eigenvalue weighted by molar-refractivity contribution is -0.117. The highest BCUT2D eigenvalue weighted by Gasteiger charge is 2.36. The highest BCUT2D eigenvalue weighted by atomic mass is 35.5. The Morgan fingerprint density at radius 2 is 2.11 bits per heavy atom. The first kappa shape index (κ1) is 18.5. The first-order chi connectivity index (χ1) is 13.6. The molecule has 0 spiro atoms. The van der Waals surface area contributed by atoms with E-state index in [0.29, 0.717) is 47.7 Å². The Kier molecular flexibility index (Phi) is 5.05. The Labute approximate surface area is 168 Å². The Bertz CT molecular complexity index is 1020. The number of hydrogen-bond acceptors (Lipinski definition) is 5. The van der Waals surface area contributed by atoms with E-state index in [-0.39, 0.29) is 11.8 Å². The van der Waals surface area contributed by atoms with E-state index in [9.17, 15) is 4.79 Å². The van der Waals surface area contributed by atoms with Gasteiger partial charge in [-0.2, -0.15) is 4.98 Å². The van der Waals surface area contributed by atoms with Crippen molar-refractivity contribution in [3.05, 3.63) is 58.9 Å². The van der Waals surface area contributed by atoms with Gasteiger partial charge in [0.15, 0.2) is 0 Å². The van der Waals surface area contributed by atoms with E-state index in [4.69, 9.17) is 20.9 Å². The maximum Gasteiger partial charge on any atom is 0.232 e. The van der Waals surface area contributed by atoms with Crippen LogP contribution in [-0.2, 0) is 4.79 Å². The molecule has 1 amide bonds. The fourth-order valence-electron chi connectivity index (χ4n) is 3.38. The number of benzene rings is 2. The van der Waals surface area contributed by atoms with Crippen molar-refractivity contribution in [3.8, 4) is 17.1 Å². The zero-order valence-electron chi connectivity index (χ0n) is 15.7. The average molecular weight is 398 g/mol. The fourth-order valence-corrected chi connectivity index (χ4v) is 3.72. The SMILES string of the molecule is CCOc1ccccc1-c1noc(C2CC(=O)N(c3ccc(C)cc3Cl)C2)n1. The Morgan fingerprint density at radius 3 is 2.89 bits per heavy atom. The number of aromatic nitrogens is 2. The minimum atomic E-state index is -0.176. The molecule has 1 aromatic heterocycles. The molecule has 1 aliphatic heterocycles. The highest BCUT2D eigenvalue weighted by molar-refractivity contribution is 6.34. The van der Waals surface area contributed by atoms with Crippen LogP contribution in [0.3, 0.4) is 0 Å². The van der Waals surface area contributed by atoms with Crippen LogP contribution in [0.25, 0.3) is 11.4 Å². The molecular weight excluding hydrogens is 378 g/mol. The van der Waals surface area contributed by atoms with Crippen molar-refractivity contribution in [2.75, 3.05) is 18.1 Å². The molecule has 0 bridgehead atoms. The van der Waals surface area contributed by atoms with Crippen molar-refractivity contribution in [1.29, 1.82) is 0 Å². The molecule has 6 nitrogen and oxygen atoms in total. The molecule has 0 N–H and O–H groups in total. The summed E-state index contributed by atoms with van der Waals surface area (Å²) in [6.45, 7) is 4.89. The van der Waals surface area contributed by atoms with E-state index in [1.165, 1.54) is 0 Å². The van der Waals surface area contributed by atoms with Crippen LogP contribution in [0.4, 0.5) is 5.69 Å². The van der Waals surface area contributed by atoms with Crippen LogP contribution in [0.1, 0.15) is 30.7 Å². The van der Waals surface area contributed by atoms with E-state index in [0.717, 1.165) is 11.1 Å². The van der Waals surface area contributed by atoms with Gasteiger partial charge in [0.25, 0.3) is 0 Å². The highest BCUT2D eigenvalue weighted by Crippen LogP contribution is 2.36. The largest absolute Gasteiger partial charge is 0.493 e. The molecule has 1 aliphatic rings. The Balaban J connectivity index is 1.58. The van der Waals surface area contributed by atoms with Gasteiger partial charge in [-0.1, -0.05) is 35.0 Å². The second-order valence-corrected chi connectivity index (χ2v) is 7.15. The summed E-state index contributed by atoms with van der Waals surface area (Å²) in [5.41, 5.74) is 2.52. The minimum absolute atomic E-state index is 0.00906. The van der Waals surface area contributed by atoms with Gasteiger partial charge in [0.2, 0.25) is 17.6 Å². The number of ether oxygens (including phenoxy) is 1. The molecule has 7 heteroatoms. The molecule has 0 radical (unpaired) electrons. The molecule has 144 valence electrons. The van der Waals surface area contributed by atoms with Crippen molar-refractivity contribution < 1.29 is 14.1 Å². The van der Waals surface area contributed by atoms with E-state index in [1.54, 1.807) is 4.90 Å². The molecule has 0 saturated carbocycles. The molecular formula is C21H20ClN3O3. The molecule has 4 rings (SSSR count). The Morgan fingerprint density at radius 1 is 1.29 bits per heavy atom. The van der Waals surface area contributed by atoms with Gasteiger partial charge in [0, 0.05) is 13.0 Å². The molecule has 2 aromatic carbocycles. The lowest BCUT2D eigenvalue weighted by Crippen LogP contribution is -2.24. The quantitative estimate of drug-likeness (QED) is 0.628. The predicted octanol–water partition coefficient (Wildman–Crippen LogP) is 4.62. The summed E-state index contributed by atoms with van der Waals surface area (Å²) >= 11 is 6.34. The first-order valence-corrected chi connectivity index (χ1v) is 9.57. The molecule has 28 heavy (non-hydrogen) atoms. The van der Waals surface area contributed by atoms with E-state index < -0.39 is 0 Å². The molecule has 3 aromatic rings. The van der Waals surface area contributed by atoms with Gasteiger partial charge < -0.3 is 14.2 Å². The van der Waals surface area contributed by atoms with Crippen molar-refractivity contribution in [2.24, 2.45) is 0 Å². The summed E-state index contributed by atoms with van der Waals surface area (Å²) in [5, 5.41) is 4.66. The van der Waals surface area contributed by atoms with Gasteiger partial charge in [-0.3, -0.25) is 4.79 Å². The van der Waals surface area contributed by atoms with Crippen LogP contribution < -0.4 is 9.64 Å². The topological polar surface area (TPSA) is 68.5 Å². The predicted molar refractivity (Wildman–Crippen MR) is 107 cm³/mol. The van der Waals surface area contributed by atoms with Gasteiger partial charge >= 0.3 is 0 Å². The summed E-state index contributed by atoms with van der Waals surface area (Å²) in [7, 11) is 0. The zero-order valence-corrected chi connectivity index (χ0v) is 16.4. The number of carbonyl (C=O) groups excluding carboxylic acids is 1. The van der Waals surface area contributed by atoms with Crippen molar-refractivity contribution >= 4 is 23.2 Å². The molecule has 1 unspecified atom stereocenters. The van der Waals surface area contributed by atoms with Crippen molar-refractivity contribution in [2.45, 2.75) is 26.2 Å². The number of aryl methyl sites for hydroxylation is 1. The maximum absolute atomic E-state index is 12.6. The minimum Gasteiger partial charge on any atom is -0.493 e. The summed E-state index contributed by atoms with van der Waals surface area (Å²) in [4.78, 5) is 18.8. The lowest BCUT2D eigenvalue weighted by atomic mass is 10.1. The number of anilines is 1. The lowest BCUT2D eigenvalue weighted by Gasteiger charge is -2.18. The van der Waals surface area contributed by atoms with Crippen LogP contribution in [-0.4, -0.2) is 29.2 Å². The van der Waals surface area contributed by atoms with Crippen LogP contribution in [0.5, 0.6) is 5.75 Å². The molecule has 1 fully saturated rings. The van der Waals surface area contributed by atoms with Crippen molar-refractivity contribution in [1.82, 2.24) is 10.1 Å². The normalized spacial score (nSPS) is 16.6. The third kappa shape index (κ3) is 3.47. The maximum atomic E-state index is 12.6. The van der Waals surface area contributed by atoms with Crippen LogP contribution in [0.2, 0.25) is 5.02 Å². The second kappa shape index (κ2) is 7.64. The standard InChI is InChI=1S/C21H20ClN3O3/c1-3-27-18-7-5-4-6-15(18)20-23-21(28-24-20)14-11-19(26)25(12-14)17-9-8-13(2)10-16(17)22/h4-10,14H,3,11-12H2,1-2H3. The monoisotopic (exact) mass is 397 g/mol. The van der Waals surface area contributed by atoms with Gasteiger partial charge in [-0.05, 0) is 43.7 Å². The zero-order chi connectivity index (χ0) is 19.7. The van der Waals surface area contributed by atoms with E-state index in [1.807, 2.05) is 56.3 Å². The third-order valence-corrected chi connectivity index (χ3v) is 5.04. The molecule has 0 aliphatic carbocycles. The number of para-hydroxylation sites is 1. The molecule has 2 heterocycles. The number of carbonyl (C=O) groups is 1. The second-order valence-electron chi connectivity index (χ2n) is 6.75. The number of rotatable bonds is 5. The number of hydrogen-bond donors (Lipinski definition) is 0. The molecule has 1 atom stereocenters. The van der Waals surface area contributed by atoms with E-state index in [2.05, 4.69) is 10.1 Å². The summed E-state index contributed by atoms with van der Waals surface area (Å²) in [6, 6.07) is 13.2. The van der Waals surface area contributed by atoms with Gasteiger partial charge in [0.1, 0.15) is 5.75 Å². The smallest absolute Gasteiger partial charge is 0.232 e. The van der Waals surface area contributed by atoms with Crippen molar-refractivity contribution in [3.63, 3.8) is 0 Å².